The lowest BCUT2D eigenvalue weighted by atomic mass is 10.3. The van der Waals surface area contributed by atoms with Crippen LogP contribution in [0.25, 0.3) is 10.2 Å². The van der Waals surface area contributed by atoms with Gasteiger partial charge in [-0.25, -0.2) is 13.8 Å². The number of fused-ring (bicyclic) bond motifs is 1. The summed E-state index contributed by atoms with van der Waals surface area (Å²) in [6.45, 7) is -0.657. The highest BCUT2D eigenvalue weighted by molar-refractivity contribution is 7.16. The molecule has 0 fully saturated rings. The van der Waals surface area contributed by atoms with Crippen molar-refractivity contribution in [2.45, 2.75) is 6.43 Å². The second kappa shape index (κ2) is 5.40. The van der Waals surface area contributed by atoms with Crippen LogP contribution < -0.4 is 10.6 Å². The molecule has 0 amide bonds. The first-order chi connectivity index (χ1) is 8.61. The molecule has 3 N–H and O–H groups in total. The normalized spacial score (nSPS) is 11.3. The van der Waals surface area contributed by atoms with Crippen molar-refractivity contribution in [3.63, 3.8) is 0 Å². The lowest BCUT2D eigenvalue weighted by molar-refractivity contribution is 0.152. The van der Waals surface area contributed by atoms with E-state index in [0.717, 1.165) is 0 Å². The second-order valence-corrected chi connectivity index (χ2v) is 4.50. The van der Waals surface area contributed by atoms with E-state index in [2.05, 4.69) is 9.97 Å². The van der Waals surface area contributed by atoms with Gasteiger partial charge in [0.25, 0.3) is 6.43 Å². The SMILES string of the molecule is Nc1nc(N(CCO)CC(F)F)c2ccsc2n1. The first-order valence-electron chi connectivity index (χ1n) is 5.26. The number of nitrogen functional groups attached to an aromatic ring is 1. The molecule has 8 heteroatoms. The molecule has 0 spiro atoms. The van der Waals surface area contributed by atoms with Gasteiger partial charge in [-0.15, -0.1) is 11.3 Å². The van der Waals surface area contributed by atoms with Gasteiger partial charge in [-0.05, 0) is 11.4 Å². The second-order valence-electron chi connectivity index (χ2n) is 3.61. The smallest absolute Gasteiger partial charge is 0.255 e. The molecule has 2 rings (SSSR count). The zero-order valence-electron chi connectivity index (χ0n) is 9.38. The number of thiophene rings is 1. The Kier molecular flexibility index (Phi) is 3.87. The van der Waals surface area contributed by atoms with Gasteiger partial charge in [0.1, 0.15) is 10.6 Å². The third kappa shape index (κ3) is 2.65. The van der Waals surface area contributed by atoms with Crippen molar-refractivity contribution in [3.05, 3.63) is 11.4 Å². The van der Waals surface area contributed by atoms with E-state index >= 15 is 0 Å². The maximum atomic E-state index is 12.5. The maximum absolute atomic E-state index is 12.5. The van der Waals surface area contributed by atoms with Gasteiger partial charge in [-0.1, -0.05) is 0 Å². The zero-order chi connectivity index (χ0) is 13.1. The highest BCUT2D eigenvalue weighted by Gasteiger charge is 2.18. The molecule has 2 aromatic rings. The molecule has 98 valence electrons. The lowest BCUT2D eigenvalue weighted by Crippen LogP contribution is -2.32. The van der Waals surface area contributed by atoms with Crippen LogP contribution in [0, 0.1) is 0 Å². The summed E-state index contributed by atoms with van der Waals surface area (Å²) >= 11 is 1.36. The molecule has 0 atom stereocenters. The first-order valence-corrected chi connectivity index (χ1v) is 6.14. The minimum atomic E-state index is -2.51. The monoisotopic (exact) mass is 274 g/mol. The molecule has 2 aromatic heterocycles. The Balaban J connectivity index is 2.44. The molecule has 0 saturated heterocycles. The highest BCUT2D eigenvalue weighted by Crippen LogP contribution is 2.28. The Labute approximate surface area is 106 Å². The van der Waals surface area contributed by atoms with Gasteiger partial charge in [0.05, 0.1) is 18.5 Å². The third-order valence-corrected chi connectivity index (χ3v) is 3.16. The van der Waals surface area contributed by atoms with Crippen molar-refractivity contribution in [2.24, 2.45) is 0 Å². The number of alkyl halides is 2. The van der Waals surface area contributed by atoms with Crippen molar-refractivity contribution in [3.8, 4) is 0 Å². The van der Waals surface area contributed by atoms with Crippen LogP contribution in [0.1, 0.15) is 0 Å². The van der Waals surface area contributed by atoms with E-state index in [9.17, 15) is 8.78 Å². The Hall–Kier alpha value is -1.54. The van der Waals surface area contributed by atoms with Crippen molar-refractivity contribution in [1.29, 1.82) is 0 Å². The average molecular weight is 274 g/mol. The molecule has 0 aromatic carbocycles. The maximum Gasteiger partial charge on any atom is 0.255 e. The first kappa shape index (κ1) is 12.9. The molecule has 0 radical (unpaired) electrons. The van der Waals surface area contributed by atoms with Gasteiger partial charge in [0, 0.05) is 6.54 Å². The van der Waals surface area contributed by atoms with E-state index in [-0.39, 0.29) is 19.1 Å². The summed E-state index contributed by atoms with van der Waals surface area (Å²) in [4.78, 5) is 9.99. The fraction of sp³-hybridized carbons (Fsp3) is 0.400. The number of aromatic nitrogens is 2. The van der Waals surface area contributed by atoms with E-state index in [0.29, 0.717) is 16.0 Å². The number of hydrogen-bond acceptors (Lipinski definition) is 6. The number of hydrogen-bond donors (Lipinski definition) is 2. The molecule has 0 saturated carbocycles. The summed E-state index contributed by atoms with van der Waals surface area (Å²) in [6, 6.07) is 1.75. The summed E-state index contributed by atoms with van der Waals surface area (Å²) in [7, 11) is 0. The van der Waals surface area contributed by atoms with Crippen LogP contribution in [0.5, 0.6) is 0 Å². The third-order valence-electron chi connectivity index (χ3n) is 2.35. The van der Waals surface area contributed by atoms with Crippen LogP contribution >= 0.6 is 11.3 Å². The Morgan fingerprint density at radius 1 is 1.44 bits per heavy atom. The predicted molar refractivity (Wildman–Crippen MR) is 67.1 cm³/mol. The Bertz CT molecular complexity index is 534. The molecule has 0 aliphatic heterocycles. The van der Waals surface area contributed by atoms with Crippen LogP contribution in [-0.2, 0) is 0 Å². The average Bonchev–Trinajstić information content (AvgIpc) is 2.74. The van der Waals surface area contributed by atoms with Gasteiger partial charge in [-0.3, -0.25) is 0 Å². The Morgan fingerprint density at radius 3 is 2.89 bits per heavy atom. The summed E-state index contributed by atoms with van der Waals surface area (Å²) in [5, 5.41) is 11.4. The molecule has 0 unspecified atom stereocenters. The van der Waals surface area contributed by atoms with E-state index < -0.39 is 13.0 Å². The topological polar surface area (TPSA) is 75.3 Å². The fourth-order valence-electron chi connectivity index (χ4n) is 1.67. The lowest BCUT2D eigenvalue weighted by Gasteiger charge is -2.23. The summed E-state index contributed by atoms with van der Waals surface area (Å²) in [6.07, 6.45) is -2.51. The quantitative estimate of drug-likeness (QED) is 0.860. The number of nitrogens with two attached hydrogens (primary N) is 1. The number of aliphatic hydroxyl groups is 1. The van der Waals surface area contributed by atoms with Crippen molar-refractivity contribution in [2.75, 3.05) is 30.3 Å². The zero-order valence-corrected chi connectivity index (χ0v) is 10.2. The van der Waals surface area contributed by atoms with Crippen molar-refractivity contribution < 1.29 is 13.9 Å². The van der Waals surface area contributed by atoms with Gasteiger partial charge in [-0.2, -0.15) is 4.98 Å². The van der Waals surface area contributed by atoms with Crippen LogP contribution in [0.15, 0.2) is 11.4 Å². The number of rotatable bonds is 5. The van der Waals surface area contributed by atoms with E-state index in [1.807, 2.05) is 0 Å². The summed E-state index contributed by atoms with van der Waals surface area (Å²) in [5.74, 6) is 0.380. The van der Waals surface area contributed by atoms with E-state index in [1.54, 1.807) is 11.4 Å². The molecule has 18 heavy (non-hydrogen) atoms. The molecule has 0 aliphatic rings. The minimum Gasteiger partial charge on any atom is -0.395 e. The number of anilines is 2. The van der Waals surface area contributed by atoms with Crippen LogP contribution in [0.2, 0.25) is 0 Å². The standard InChI is InChI=1S/C10H12F2N4OS/c11-7(12)5-16(2-3-17)8-6-1-4-18-9(6)15-10(13)14-8/h1,4,7,17H,2-3,5H2,(H2,13,14,15). The van der Waals surface area contributed by atoms with Crippen molar-refractivity contribution in [1.82, 2.24) is 9.97 Å². The van der Waals surface area contributed by atoms with Crippen molar-refractivity contribution >= 4 is 33.3 Å². The van der Waals surface area contributed by atoms with Gasteiger partial charge in [0.15, 0.2) is 0 Å². The largest absolute Gasteiger partial charge is 0.395 e. The molecule has 0 bridgehead atoms. The molecular formula is C10H12F2N4OS. The Morgan fingerprint density at radius 2 is 2.22 bits per heavy atom. The van der Waals surface area contributed by atoms with Gasteiger partial charge >= 0.3 is 0 Å². The van der Waals surface area contributed by atoms with Gasteiger partial charge in [0.2, 0.25) is 5.95 Å². The van der Waals surface area contributed by atoms with Crippen LogP contribution in [0.4, 0.5) is 20.5 Å². The highest BCUT2D eigenvalue weighted by atomic mass is 32.1. The van der Waals surface area contributed by atoms with E-state index in [4.69, 9.17) is 10.8 Å². The fourth-order valence-corrected chi connectivity index (χ4v) is 2.43. The van der Waals surface area contributed by atoms with Crippen LogP contribution in [0.3, 0.4) is 0 Å². The molecule has 5 nitrogen and oxygen atoms in total. The summed E-state index contributed by atoms with van der Waals surface area (Å²) < 4.78 is 25.1. The minimum absolute atomic E-state index is 0.0390. The number of aliphatic hydroxyl groups excluding tert-OH is 1. The van der Waals surface area contributed by atoms with Gasteiger partial charge < -0.3 is 15.7 Å². The van der Waals surface area contributed by atoms with E-state index in [1.165, 1.54) is 16.2 Å². The molecule has 2 heterocycles. The number of nitrogens with zero attached hydrogens (tertiary/aromatic N) is 3. The molecule has 0 aliphatic carbocycles. The van der Waals surface area contributed by atoms with Crippen LogP contribution in [-0.4, -0.2) is 41.2 Å². The molecular weight excluding hydrogens is 262 g/mol. The number of halogens is 2. The summed E-state index contributed by atoms with van der Waals surface area (Å²) in [5.41, 5.74) is 5.56. The predicted octanol–water partition coefficient (Wildman–Crippen LogP) is 1.34.